The Morgan fingerprint density at radius 1 is 1.33 bits per heavy atom. The summed E-state index contributed by atoms with van der Waals surface area (Å²) in [6, 6.07) is 4.49. The molecule has 18 heavy (non-hydrogen) atoms. The predicted octanol–water partition coefficient (Wildman–Crippen LogP) is 1.47. The summed E-state index contributed by atoms with van der Waals surface area (Å²) < 4.78 is 13.2. The molecule has 0 saturated heterocycles. The summed E-state index contributed by atoms with van der Waals surface area (Å²) >= 11 is 0. The zero-order valence-electron chi connectivity index (χ0n) is 10.3. The van der Waals surface area contributed by atoms with E-state index in [1.165, 1.54) is 18.2 Å². The lowest BCUT2D eigenvalue weighted by atomic mass is 10.3. The van der Waals surface area contributed by atoms with Crippen molar-refractivity contribution in [2.45, 2.75) is 19.9 Å². The number of nitrogens with one attached hydrogen (secondary N) is 3. The summed E-state index contributed by atoms with van der Waals surface area (Å²) in [6.07, 6.45) is 0. The van der Waals surface area contributed by atoms with Crippen LogP contribution in [0.3, 0.4) is 0 Å². The van der Waals surface area contributed by atoms with Crippen LogP contribution in [0.4, 0.5) is 14.9 Å². The molecule has 98 valence electrons. The molecule has 1 aromatic rings. The molecular weight excluding hydrogens is 237 g/mol. The zero-order chi connectivity index (χ0) is 13.5. The molecule has 0 fully saturated rings. The van der Waals surface area contributed by atoms with E-state index in [-0.39, 0.29) is 11.6 Å². The van der Waals surface area contributed by atoms with Crippen LogP contribution >= 0.6 is 0 Å². The van der Waals surface area contributed by atoms with E-state index in [0.717, 1.165) is 0 Å². The Bertz CT molecular complexity index is 437. The Balaban J connectivity index is 2.52. The second kappa shape index (κ2) is 6.58. The molecule has 0 aliphatic heterocycles. The standard InChI is InChI=1S/C12H16FN3O2/c1-3-14-11(17)8(2)15-12(18)16-10-7-5-4-6-9(10)13/h4-8H,3H2,1-2H3,(H,14,17)(H2,15,16,18). The average molecular weight is 253 g/mol. The monoisotopic (exact) mass is 253 g/mol. The lowest BCUT2D eigenvalue weighted by molar-refractivity contribution is -0.122. The van der Waals surface area contributed by atoms with Crippen LogP contribution in [0.15, 0.2) is 24.3 Å². The topological polar surface area (TPSA) is 70.2 Å². The van der Waals surface area contributed by atoms with Gasteiger partial charge in [0, 0.05) is 6.54 Å². The number of amides is 3. The Morgan fingerprint density at radius 2 is 2.00 bits per heavy atom. The van der Waals surface area contributed by atoms with E-state index in [9.17, 15) is 14.0 Å². The molecule has 1 rings (SSSR count). The van der Waals surface area contributed by atoms with E-state index < -0.39 is 17.9 Å². The zero-order valence-corrected chi connectivity index (χ0v) is 10.3. The van der Waals surface area contributed by atoms with E-state index in [1.807, 2.05) is 0 Å². The van der Waals surface area contributed by atoms with Gasteiger partial charge in [-0.2, -0.15) is 0 Å². The van der Waals surface area contributed by atoms with Crippen molar-refractivity contribution in [3.8, 4) is 0 Å². The number of hydrogen-bond acceptors (Lipinski definition) is 2. The lowest BCUT2D eigenvalue weighted by Crippen LogP contribution is -2.46. The van der Waals surface area contributed by atoms with Crippen molar-refractivity contribution in [2.75, 3.05) is 11.9 Å². The molecule has 0 aliphatic rings. The van der Waals surface area contributed by atoms with Crippen LogP contribution in [0.1, 0.15) is 13.8 Å². The molecule has 3 N–H and O–H groups in total. The normalized spacial score (nSPS) is 11.5. The van der Waals surface area contributed by atoms with Crippen LogP contribution in [0.2, 0.25) is 0 Å². The van der Waals surface area contributed by atoms with Gasteiger partial charge in [-0.05, 0) is 26.0 Å². The number of halogens is 1. The molecule has 0 aliphatic carbocycles. The van der Waals surface area contributed by atoms with E-state index in [0.29, 0.717) is 6.54 Å². The van der Waals surface area contributed by atoms with Gasteiger partial charge in [-0.1, -0.05) is 12.1 Å². The summed E-state index contributed by atoms with van der Waals surface area (Å²) in [5.41, 5.74) is 0.0677. The first-order chi connectivity index (χ1) is 8.54. The van der Waals surface area contributed by atoms with Crippen LogP contribution in [0.25, 0.3) is 0 Å². The molecule has 0 saturated carbocycles. The Kier molecular flexibility index (Phi) is 5.10. The summed E-state index contributed by atoms with van der Waals surface area (Å²) in [5.74, 6) is -0.820. The van der Waals surface area contributed by atoms with Gasteiger partial charge in [-0.25, -0.2) is 9.18 Å². The van der Waals surface area contributed by atoms with Crippen LogP contribution < -0.4 is 16.0 Å². The fraction of sp³-hybridized carbons (Fsp3) is 0.333. The second-order valence-electron chi connectivity index (χ2n) is 3.69. The highest BCUT2D eigenvalue weighted by Crippen LogP contribution is 2.11. The first-order valence-corrected chi connectivity index (χ1v) is 5.64. The number of urea groups is 1. The molecule has 0 spiro atoms. The van der Waals surface area contributed by atoms with Gasteiger partial charge in [-0.15, -0.1) is 0 Å². The van der Waals surface area contributed by atoms with Gasteiger partial charge in [-0.3, -0.25) is 4.79 Å². The maximum Gasteiger partial charge on any atom is 0.319 e. The maximum absolute atomic E-state index is 13.2. The number of likely N-dealkylation sites (N-methyl/N-ethyl adjacent to an activating group) is 1. The number of carbonyl (C=O) groups excluding carboxylic acids is 2. The highest BCUT2D eigenvalue weighted by atomic mass is 19.1. The Hall–Kier alpha value is -2.11. The summed E-state index contributed by atoms with van der Waals surface area (Å²) in [5, 5.41) is 7.31. The molecule has 1 atom stereocenters. The smallest absolute Gasteiger partial charge is 0.319 e. The van der Waals surface area contributed by atoms with Crippen LogP contribution in [-0.4, -0.2) is 24.5 Å². The number of carbonyl (C=O) groups is 2. The molecule has 6 heteroatoms. The first kappa shape index (κ1) is 14.0. The second-order valence-corrected chi connectivity index (χ2v) is 3.69. The van der Waals surface area contributed by atoms with Gasteiger partial charge in [0.05, 0.1) is 5.69 Å². The van der Waals surface area contributed by atoms with Crippen molar-refractivity contribution in [2.24, 2.45) is 0 Å². The SMILES string of the molecule is CCNC(=O)C(C)NC(=O)Nc1ccccc1F. The molecule has 0 bridgehead atoms. The molecule has 0 radical (unpaired) electrons. The van der Waals surface area contributed by atoms with Crippen molar-refractivity contribution in [3.05, 3.63) is 30.1 Å². The Labute approximate surface area is 105 Å². The molecular formula is C12H16FN3O2. The van der Waals surface area contributed by atoms with Gasteiger partial charge in [0.15, 0.2) is 0 Å². The number of anilines is 1. The molecule has 0 aromatic heterocycles. The lowest BCUT2D eigenvalue weighted by Gasteiger charge is -2.14. The van der Waals surface area contributed by atoms with Gasteiger partial charge in [0.25, 0.3) is 0 Å². The quantitative estimate of drug-likeness (QED) is 0.760. The Morgan fingerprint density at radius 3 is 2.61 bits per heavy atom. The van der Waals surface area contributed by atoms with Crippen molar-refractivity contribution in [3.63, 3.8) is 0 Å². The van der Waals surface area contributed by atoms with Gasteiger partial charge in [0.2, 0.25) is 5.91 Å². The summed E-state index contributed by atoms with van der Waals surface area (Å²) in [4.78, 5) is 22.9. The largest absolute Gasteiger partial charge is 0.355 e. The summed E-state index contributed by atoms with van der Waals surface area (Å²) in [6.45, 7) is 3.82. The fourth-order valence-corrected chi connectivity index (χ4v) is 1.31. The van der Waals surface area contributed by atoms with Crippen molar-refractivity contribution in [1.82, 2.24) is 10.6 Å². The molecule has 5 nitrogen and oxygen atoms in total. The fourth-order valence-electron chi connectivity index (χ4n) is 1.31. The number of para-hydroxylation sites is 1. The minimum Gasteiger partial charge on any atom is -0.355 e. The molecule has 1 aromatic carbocycles. The highest BCUT2D eigenvalue weighted by Gasteiger charge is 2.15. The third-order valence-electron chi connectivity index (χ3n) is 2.21. The van der Waals surface area contributed by atoms with E-state index in [2.05, 4.69) is 16.0 Å². The van der Waals surface area contributed by atoms with Crippen LogP contribution in [0, 0.1) is 5.82 Å². The number of hydrogen-bond donors (Lipinski definition) is 3. The highest BCUT2D eigenvalue weighted by molar-refractivity contribution is 5.93. The summed E-state index contributed by atoms with van der Waals surface area (Å²) in [7, 11) is 0. The van der Waals surface area contributed by atoms with Gasteiger partial charge in [0.1, 0.15) is 11.9 Å². The van der Waals surface area contributed by atoms with E-state index in [1.54, 1.807) is 19.9 Å². The van der Waals surface area contributed by atoms with Crippen LogP contribution in [-0.2, 0) is 4.79 Å². The minimum absolute atomic E-state index is 0.0677. The molecule has 3 amide bonds. The predicted molar refractivity (Wildman–Crippen MR) is 66.7 cm³/mol. The minimum atomic E-state index is -0.684. The van der Waals surface area contributed by atoms with Crippen molar-refractivity contribution >= 4 is 17.6 Å². The van der Waals surface area contributed by atoms with Gasteiger partial charge >= 0.3 is 6.03 Å². The van der Waals surface area contributed by atoms with Crippen molar-refractivity contribution in [1.29, 1.82) is 0 Å². The number of rotatable bonds is 4. The average Bonchev–Trinajstić information content (AvgIpc) is 2.32. The van der Waals surface area contributed by atoms with Crippen LogP contribution in [0.5, 0.6) is 0 Å². The molecule has 1 unspecified atom stereocenters. The third kappa shape index (κ3) is 4.04. The third-order valence-corrected chi connectivity index (χ3v) is 2.21. The molecule has 0 heterocycles. The maximum atomic E-state index is 13.2. The van der Waals surface area contributed by atoms with E-state index in [4.69, 9.17) is 0 Å². The first-order valence-electron chi connectivity index (χ1n) is 5.64. The number of benzene rings is 1. The van der Waals surface area contributed by atoms with Gasteiger partial charge < -0.3 is 16.0 Å². The van der Waals surface area contributed by atoms with E-state index >= 15 is 0 Å². The van der Waals surface area contributed by atoms with Crippen molar-refractivity contribution < 1.29 is 14.0 Å².